The molecular formula is C16H18ClNO4S. The zero-order valence-corrected chi connectivity index (χ0v) is 14.3. The number of carbonyl (C=O) groups excluding carboxylic acids is 1. The smallest absolute Gasteiger partial charge is 0.287 e. The second-order valence-corrected chi connectivity index (χ2v) is 6.70. The molecule has 124 valence electrons. The zero-order valence-electron chi connectivity index (χ0n) is 12.7. The number of amides is 1. The fraction of sp³-hybridized carbons (Fsp3) is 0.312. The quantitative estimate of drug-likeness (QED) is 0.739. The Hall–Kier alpha value is -1.63. The van der Waals surface area contributed by atoms with Crippen LogP contribution >= 0.6 is 11.6 Å². The number of ether oxygens (including phenoxy) is 1. The minimum Gasteiger partial charge on any atom is -0.455 e. The number of furan rings is 1. The van der Waals surface area contributed by atoms with Crippen molar-refractivity contribution in [2.24, 2.45) is 0 Å². The lowest BCUT2D eigenvalue weighted by molar-refractivity contribution is 0.0908. The van der Waals surface area contributed by atoms with Crippen molar-refractivity contribution in [3.8, 4) is 0 Å². The van der Waals surface area contributed by atoms with Gasteiger partial charge in [0.15, 0.2) is 5.76 Å². The van der Waals surface area contributed by atoms with Crippen molar-refractivity contribution in [3.05, 3.63) is 58.5 Å². The summed E-state index contributed by atoms with van der Waals surface area (Å²) in [6.45, 7) is 0.838. The lowest BCUT2D eigenvalue weighted by Crippen LogP contribution is -2.26. The van der Waals surface area contributed by atoms with E-state index in [1.54, 1.807) is 25.3 Å². The highest BCUT2D eigenvalue weighted by Crippen LogP contribution is 2.18. The molecule has 1 aromatic carbocycles. The molecule has 7 heteroatoms. The van der Waals surface area contributed by atoms with Crippen LogP contribution in [0.2, 0.25) is 5.02 Å². The highest BCUT2D eigenvalue weighted by Gasteiger charge is 2.13. The van der Waals surface area contributed by atoms with Crippen molar-refractivity contribution < 1.29 is 18.2 Å². The molecule has 1 amide bonds. The first-order valence-corrected chi connectivity index (χ1v) is 8.91. The van der Waals surface area contributed by atoms with E-state index in [1.165, 1.54) is 0 Å². The van der Waals surface area contributed by atoms with Gasteiger partial charge in [-0.05, 0) is 23.8 Å². The van der Waals surface area contributed by atoms with Gasteiger partial charge in [0.05, 0.1) is 18.1 Å². The minimum absolute atomic E-state index is 0.200. The largest absolute Gasteiger partial charge is 0.455 e. The first-order valence-electron chi connectivity index (χ1n) is 7.04. The fourth-order valence-corrected chi connectivity index (χ4v) is 3.38. The van der Waals surface area contributed by atoms with E-state index in [1.807, 2.05) is 18.2 Å². The second-order valence-electron chi connectivity index (χ2n) is 4.83. The Balaban J connectivity index is 1.90. The van der Waals surface area contributed by atoms with Gasteiger partial charge >= 0.3 is 0 Å². The molecule has 1 heterocycles. The van der Waals surface area contributed by atoms with E-state index in [4.69, 9.17) is 20.8 Å². The predicted octanol–water partition coefficient (Wildman–Crippen LogP) is 2.76. The molecule has 0 fully saturated rings. The molecule has 1 atom stereocenters. The number of carbonyl (C=O) groups is 1. The van der Waals surface area contributed by atoms with Crippen LogP contribution in [0.4, 0.5) is 0 Å². The number of benzene rings is 1. The van der Waals surface area contributed by atoms with Crippen molar-refractivity contribution in [2.75, 3.05) is 20.3 Å². The Labute approximate surface area is 142 Å². The summed E-state index contributed by atoms with van der Waals surface area (Å²) in [6, 6.07) is 10.5. The van der Waals surface area contributed by atoms with Gasteiger partial charge in [-0.3, -0.25) is 9.00 Å². The first-order chi connectivity index (χ1) is 11.1. The molecule has 2 aromatic rings. The molecule has 0 saturated heterocycles. The highest BCUT2D eigenvalue weighted by atomic mass is 35.5. The molecule has 0 bridgehead atoms. The first kappa shape index (κ1) is 17.7. The van der Waals surface area contributed by atoms with Crippen LogP contribution in [0.3, 0.4) is 0 Å². The fourth-order valence-electron chi connectivity index (χ4n) is 1.93. The molecule has 0 aliphatic heterocycles. The summed E-state index contributed by atoms with van der Waals surface area (Å²) < 4.78 is 22.5. The van der Waals surface area contributed by atoms with E-state index >= 15 is 0 Å². The SMILES string of the molecule is COCCNC(=O)c1ccc(CS(=O)Cc2ccccc2Cl)o1. The molecule has 1 aromatic heterocycles. The molecule has 1 N–H and O–H groups in total. The third kappa shape index (κ3) is 5.49. The molecule has 0 aliphatic carbocycles. The topological polar surface area (TPSA) is 68.5 Å². The molecule has 0 radical (unpaired) electrons. The normalized spacial score (nSPS) is 12.1. The summed E-state index contributed by atoms with van der Waals surface area (Å²) in [5.41, 5.74) is 0.830. The van der Waals surface area contributed by atoms with Gasteiger partial charge in [-0.15, -0.1) is 0 Å². The van der Waals surface area contributed by atoms with E-state index in [9.17, 15) is 9.00 Å². The zero-order chi connectivity index (χ0) is 16.7. The van der Waals surface area contributed by atoms with Crippen molar-refractivity contribution >= 4 is 28.3 Å². The second kappa shape index (κ2) is 8.86. The third-order valence-electron chi connectivity index (χ3n) is 3.05. The highest BCUT2D eigenvalue weighted by molar-refractivity contribution is 7.83. The summed E-state index contributed by atoms with van der Waals surface area (Å²) in [7, 11) is 0.392. The molecule has 0 aliphatic rings. The third-order valence-corrected chi connectivity index (χ3v) is 4.66. The van der Waals surface area contributed by atoms with Crippen molar-refractivity contribution in [1.82, 2.24) is 5.32 Å². The monoisotopic (exact) mass is 355 g/mol. The summed E-state index contributed by atoms with van der Waals surface area (Å²) >= 11 is 6.06. The van der Waals surface area contributed by atoms with Gasteiger partial charge < -0.3 is 14.5 Å². The van der Waals surface area contributed by atoms with Gasteiger partial charge in [-0.2, -0.15) is 0 Å². The van der Waals surface area contributed by atoms with Crippen LogP contribution in [0.15, 0.2) is 40.8 Å². The Bertz CT molecular complexity index is 686. The Morgan fingerprint density at radius 3 is 2.78 bits per heavy atom. The van der Waals surface area contributed by atoms with E-state index < -0.39 is 10.8 Å². The van der Waals surface area contributed by atoms with Crippen LogP contribution in [0, 0.1) is 0 Å². The maximum atomic E-state index is 12.2. The van der Waals surface area contributed by atoms with E-state index in [0.29, 0.717) is 29.7 Å². The van der Waals surface area contributed by atoms with Crippen LogP contribution in [-0.2, 0) is 27.0 Å². The van der Waals surface area contributed by atoms with Crippen LogP contribution in [0.25, 0.3) is 0 Å². The molecule has 5 nitrogen and oxygen atoms in total. The van der Waals surface area contributed by atoms with Crippen LogP contribution < -0.4 is 5.32 Å². The van der Waals surface area contributed by atoms with E-state index in [-0.39, 0.29) is 17.4 Å². The molecule has 2 rings (SSSR count). The number of rotatable bonds is 8. The summed E-state index contributed by atoms with van der Waals surface area (Å²) in [5.74, 6) is 0.968. The number of nitrogens with one attached hydrogen (secondary N) is 1. The van der Waals surface area contributed by atoms with Crippen LogP contribution in [0.5, 0.6) is 0 Å². The average Bonchev–Trinajstić information content (AvgIpc) is 2.98. The number of hydrogen-bond acceptors (Lipinski definition) is 4. The average molecular weight is 356 g/mol. The van der Waals surface area contributed by atoms with Gasteiger partial charge in [0.25, 0.3) is 5.91 Å². The summed E-state index contributed by atoms with van der Waals surface area (Å²) in [4.78, 5) is 11.8. The molecule has 1 unspecified atom stereocenters. The maximum absolute atomic E-state index is 12.2. The summed E-state index contributed by atoms with van der Waals surface area (Å²) in [6.07, 6.45) is 0. The standard InChI is InChI=1S/C16H18ClNO4S/c1-21-9-8-18-16(19)15-7-6-13(22-15)11-23(20)10-12-4-2-3-5-14(12)17/h2-7H,8-11H2,1H3,(H,18,19). The van der Waals surface area contributed by atoms with Crippen molar-refractivity contribution in [3.63, 3.8) is 0 Å². The van der Waals surface area contributed by atoms with Gasteiger partial charge in [-0.1, -0.05) is 29.8 Å². The lowest BCUT2D eigenvalue weighted by Gasteiger charge is -2.03. The molecule has 23 heavy (non-hydrogen) atoms. The van der Waals surface area contributed by atoms with E-state index in [0.717, 1.165) is 5.56 Å². The Kier molecular flexibility index (Phi) is 6.83. The Morgan fingerprint density at radius 1 is 1.26 bits per heavy atom. The van der Waals surface area contributed by atoms with Crippen LogP contribution in [0.1, 0.15) is 21.9 Å². The van der Waals surface area contributed by atoms with Gasteiger partial charge in [0.1, 0.15) is 5.76 Å². The van der Waals surface area contributed by atoms with Gasteiger partial charge in [0.2, 0.25) is 0 Å². The van der Waals surface area contributed by atoms with Crippen LogP contribution in [-0.4, -0.2) is 30.4 Å². The van der Waals surface area contributed by atoms with Gasteiger partial charge in [0, 0.05) is 29.5 Å². The predicted molar refractivity (Wildman–Crippen MR) is 89.9 cm³/mol. The molecule has 0 saturated carbocycles. The Morgan fingerprint density at radius 2 is 2.04 bits per heavy atom. The lowest BCUT2D eigenvalue weighted by atomic mass is 10.2. The van der Waals surface area contributed by atoms with E-state index in [2.05, 4.69) is 5.32 Å². The minimum atomic E-state index is -1.17. The van der Waals surface area contributed by atoms with Gasteiger partial charge in [-0.25, -0.2) is 0 Å². The number of halogens is 1. The number of hydrogen-bond donors (Lipinski definition) is 1. The number of methoxy groups -OCH3 is 1. The molecular weight excluding hydrogens is 338 g/mol. The van der Waals surface area contributed by atoms with Crippen molar-refractivity contribution in [2.45, 2.75) is 11.5 Å². The summed E-state index contributed by atoms with van der Waals surface area (Å²) in [5, 5.41) is 3.26. The maximum Gasteiger partial charge on any atom is 0.287 e. The van der Waals surface area contributed by atoms with Crippen molar-refractivity contribution in [1.29, 1.82) is 0 Å². The molecule has 0 spiro atoms.